The van der Waals surface area contributed by atoms with Gasteiger partial charge in [0.2, 0.25) is 0 Å². The van der Waals surface area contributed by atoms with Crippen LogP contribution < -0.4 is 5.32 Å². The highest BCUT2D eigenvalue weighted by Gasteiger charge is 2.32. The second-order valence-corrected chi connectivity index (χ2v) is 5.92. The fourth-order valence-corrected chi connectivity index (χ4v) is 2.78. The molecule has 1 aliphatic rings. The molecule has 1 aromatic rings. The number of anilines is 1. The van der Waals surface area contributed by atoms with E-state index in [1.807, 2.05) is 13.0 Å². The number of carboxylic acid groups (broad SMARTS) is 1. The van der Waals surface area contributed by atoms with Crippen molar-refractivity contribution in [2.24, 2.45) is 11.8 Å². The number of carboxylic acids is 1. The Bertz CT molecular complexity index is 488. The fourth-order valence-electron chi connectivity index (χ4n) is 2.78. The Morgan fingerprint density at radius 3 is 2.85 bits per heavy atom. The summed E-state index contributed by atoms with van der Waals surface area (Å²) in [6.45, 7) is 6.76. The van der Waals surface area contributed by atoms with E-state index in [2.05, 4.69) is 29.1 Å². The summed E-state index contributed by atoms with van der Waals surface area (Å²) >= 11 is 0. The quantitative estimate of drug-likeness (QED) is 0.865. The first-order valence-corrected chi connectivity index (χ1v) is 7.29. The van der Waals surface area contributed by atoms with Crippen molar-refractivity contribution in [3.8, 4) is 0 Å². The average molecular weight is 277 g/mol. The van der Waals surface area contributed by atoms with Crippen LogP contribution in [0.25, 0.3) is 0 Å². The van der Waals surface area contributed by atoms with Gasteiger partial charge >= 0.3 is 5.97 Å². The van der Waals surface area contributed by atoms with Crippen LogP contribution in [-0.4, -0.2) is 27.6 Å². The molecule has 110 valence electrons. The molecule has 2 atom stereocenters. The maximum absolute atomic E-state index is 11.2. The van der Waals surface area contributed by atoms with Crippen molar-refractivity contribution in [2.45, 2.75) is 46.0 Å². The van der Waals surface area contributed by atoms with Crippen molar-refractivity contribution < 1.29 is 9.90 Å². The minimum absolute atomic E-state index is 0.199. The number of nitrogens with one attached hydrogen (secondary N) is 1. The van der Waals surface area contributed by atoms with Crippen LogP contribution in [0.3, 0.4) is 0 Å². The van der Waals surface area contributed by atoms with Crippen LogP contribution in [0, 0.1) is 18.8 Å². The summed E-state index contributed by atoms with van der Waals surface area (Å²) in [5, 5.41) is 12.5. The second kappa shape index (κ2) is 6.20. The largest absolute Gasteiger partial charge is 0.481 e. The zero-order valence-electron chi connectivity index (χ0n) is 12.4. The highest BCUT2D eigenvalue weighted by Crippen LogP contribution is 2.32. The summed E-state index contributed by atoms with van der Waals surface area (Å²) in [6.07, 6.45) is 2.77. The first kappa shape index (κ1) is 14.8. The highest BCUT2D eigenvalue weighted by atomic mass is 16.4. The molecule has 1 saturated carbocycles. The van der Waals surface area contributed by atoms with Gasteiger partial charge < -0.3 is 10.4 Å². The van der Waals surface area contributed by atoms with Crippen molar-refractivity contribution in [1.29, 1.82) is 0 Å². The summed E-state index contributed by atoms with van der Waals surface area (Å²) < 4.78 is 0. The first-order chi connectivity index (χ1) is 9.47. The molecule has 5 heteroatoms. The lowest BCUT2D eigenvalue weighted by molar-refractivity contribution is -0.142. The Balaban J connectivity index is 2.02. The van der Waals surface area contributed by atoms with Gasteiger partial charge in [0.15, 0.2) is 0 Å². The van der Waals surface area contributed by atoms with Gasteiger partial charge in [-0.2, -0.15) is 0 Å². The van der Waals surface area contributed by atoms with Gasteiger partial charge in [-0.25, -0.2) is 9.97 Å². The minimum Gasteiger partial charge on any atom is -0.481 e. The molecule has 0 radical (unpaired) electrons. The Hall–Kier alpha value is -1.65. The maximum Gasteiger partial charge on any atom is 0.306 e. The molecular formula is C15H23N3O2. The van der Waals surface area contributed by atoms with Crippen molar-refractivity contribution in [3.63, 3.8) is 0 Å². The van der Waals surface area contributed by atoms with Crippen LogP contribution in [0.5, 0.6) is 0 Å². The molecule has 2 N–H and O–H groups in total. The van der Waals surface area contributed by atoms with E-state index in [0.29, 0.717) is 6.54 Å². The molecular weight excluding hydrogens is 254 g/mol. The zero-order valence-corrected chi connectivity index (χ0v) is 12.4. The normalized spacial score (nSPS) is 22.2. The summed E-state index contributed by atoms with van der Waals surface area (Å²) in [5.41, 5.74) is 0.937. The molecule has 1 aromatic heterocycles. The molecule has 1 fully saturated rings. The van der Waals surface area contributed by atoms with Gasteiger partial charge in [-0.15, -0.1) is 0 Å². The highest BCUT2D eigenvalue weighted by molar-refractivity contribution is 5.70. The third kappa shape index (κ3) is 3.46. The lowest BCUT2D eigenvalue weighted by atomic mass is 9.96. The third-order valence-corrected chi connectivity index (χ3v) is 3.91. The van der Waals surface area contributed by atoms with E-state index < -0.39 is 5.97 Å². The van der Waals surface area contributed by atoms with E-state index >= 15 is 0 Å². The van der Waals surface area contributed by atoms with Gasteiger partial charge in [-0.3, -0.25) is 4.79 Å². The van der Waals surface area contributed by atoms with Gasteiger partial charge in [-0.05, 0) is 25.7 Å². The van der Waals surface area contributed by atoms with E-state index in [1.54, 1.807) is 0 Å². The predicted octanol–water partition coefficient (Wildman–Crippen LogP) is 2.82. The van der Waals surface area contributed by atoms with Crippen LogP contribution in [0.2, 0.25) is 0 Å². The van der Waals surface area contributed by atoms with Crippen LogP contribution in [0.4, 0.5) is 5.82 Å². The Labute approximate surface area is 119 Å². The van der Waals surface area contributed by atoms with Gasteiger partial charge in [0.05, 0.1) is 5.92 Å². The van der Waals surface area contributed by atoms with Crippen LogP contribution >= 0.6 is 0 Å². The van der Waals surface area contributed by atoms with Gasteiger partial charge in [-0.1, -0.05) is 20.3 Å². The predicted molar refractivity (Wildman–Crippen MR) is 77.8 cm³/mol. The summed E-state index contributed by atoms with van der Waals surface area (Å²) in [7, 11) is 0. The molecule has 1 heterocycles. The van der Waals surface area contributed by atoms with E-state index in [0.717, 1.165) is 36.6 Å². The number of aryl methyl sites for hydroxylation is 1. The molecule has 0 amide bonds. The molecule has 0 bridgehead atoms. The van der Waals surface area contributed by atoms with E-state index in [4.69, 9.17) is 0 Å². The number of hydrogen-bond donors (Lipinski definition) is 2. The summed E-state index contributed by atoms with van der Waals surface area (Å²) in [4.78, 5) is 20.1. The first-order valence-electron chi connectivity index (χ1n) is 7.29. The second-order valence-electron chi connectivity index (χ2n) is 5.92. The number of nitrogens with zero attached hydrogens (tertiary/aromatic N) is 2. The Kier molecular flexibility index (Phi) is 4.57. The molecule has 20 heavy (non-hydrogen) atoms. The SMILES string of the molecule is Cc1cc(NCC2CCCC2C(=O)O)nc(C(C)C)n1. The molecule has 0 aromatic carbocycles. The molecule has 0 aliphatic heterocycles. The maximum atomic E-state index is 11.2. The van der Waals surface area contributed by atoms with Crippen LogP contribution in [0.15, 0.2) is 6.07 Å². The smallest absolute Gasteiger partial charge is 0.306 e. The van der Waals surface area contributed by atoms with E-state index in [1.165, 1.54) is 0 Å². The summed E-state index contributed by atoms with van der Waals surface area (Å²) in [6, 6.07) is 1.91. The number of rotatable bonds is 5. The average Bonchev–Trinajstić information content (AvgIpc) is 2.84. The van der Waals surface area contributed by atoms with E-state index in [-0.39, 0.29) is 17.8 Å². The third-order valence-electron chi connectivity index (χ3n) is 3.91. The van der Waals surface area contributed by atoms with Gasteiger partial charge in [0.25, 0.3) is 0 Å². The van der Waals surface area contributed by atoms with Gasteiger partial charge in [0, 0.05) is 24.2 Å². The Morgan fingerprint density at radius 1 is 1.45 bits per heavy atom. The molecule has 0 saturated heterocycles. The van der Waals surface area contributed by atoms with Crippen LogP contribution in [-0.2, 0) is 4.79 Å². The minimum atomic E-state index is -0.670. The molecule has 2 rings (SSSR count). The fraction of sp³-hybridized carbons (Fsp3) is 0.667. The van der Waals surface area contributed by atoms with Crippen LogP contribution in [0.1, 0.15) is 50.5 Å². The number of carbonyl (C=O) groups is 1. The van der Waals surface area contributed by atoms with E-state index in [9.17, 15) is 9.90 Å². The standard InChI is InChI=1S/C15H23N3O2/c1-9(2)14-17-10(3)7-13(18-14)16-8-11-5-4-6-12(11)15(19)20/h7,9,11-12H,4-6,8H2,1-3H3,(H,19,20)(H,16,17,18). The summed E-state index contributed by atoms with van der Waals surface area (Å²) in [5.74, 6) is 1.23. The zero-order chi connectivity index (χ0) is 14.7. The lowest BCUT2D eigenvalue weighted by Crippen LogP contribution is -2.25. The monoisotopic (exact) mass is 277 g/mol. The lowest BCUT2D eigenvalue weighted by Gasteiger charge is -2.17. The van der Waals surface area contributed by atoms with Crippen molar-refractivity contribution in [3.05, 3.63) is 17.6 Å². The molecule has 5 nitrogen and oxygen atoms in total. The molecule has 1 aliphatic carbocycles. The number of hydrogen-bond acceptors (Lipinski definition) is 4. The van der Waals surface area contributed by atoms with Crippen molar-refractivity contribution >= 4 is 11.8 Å². The number of aromatic nitrogens is 2. The van der Waals surface area contributed by atoms with Gasteiger partial charge in [0.1, 0.15) is 11.6 Å². The molecule has 2 unspecified atom stereocenters. The molecule has 0 spiro atoms. The topological polar surface area (TPSA) is 75.1 Å². The van der Waals surface area contributed by atoms with Crippen molar-refractivity contribution in [1.82, 2.24) is 9.97 Å². The van der Waals surface area contributed by atoms with Crippen molar-refractivity contribution in [2.75, 3.05) is 11.9 Å². The Morgan fingerprint density at radius 2 is 2.20 bits per heavy atom. The number of aliphatic carboxylic acids is 1.